The summed E-state index contributed by atoms with van der Waals surface area (Å²) in [5.41, 5.74) is 1.67. The highest BCUT2D eigenvalue weighted by Gasteiger charge is 2.25. The summed E-state index contributed by atoms with van der Waals surface area (Å²) in [6.07, 6.45) is 0.0837. The first kappa shape index (κ1) is 23.1. The van der Waals surface area contributed by atoms with Crippen LogP contribution in [0.3, 0.4) is 0 Å². The molecule has 2 aromatic rings. The summed E-state index contributed by atoms with van der Waals surface area (Å²) in [5, 5.41) is 11.9. The quantitative estimate of drug-likeness (QED) is 0.748. The number of aryl methyl sites for hydroxylation is 1. The van der Waals surface area contributed by atoms with E-state index in [1.54, 1.807) is 41.0 Å². The number of carbonyl (C=O) groups excluding carboxylic acids is 2. The number of ether oxygens (including phenoxy) is 1. The van der Waals surface area contributed by atoms with Crippen molar-refractivity contribution >= 4 is 11.9 Å². The average Bonchev–Trinajstić information content (AvgIpc) is 2.82. The van der Waals surface area contributed by atoms with Gasteiger partial charge in [-0.1, -0.05) is 25.1 Å². The third-order valence-electron chi connectivity index (χ3n) is 5.41. The first-order valence-electron chi connectivity index (χ1n) is 10.6. The topological polar surface area (TPSA) is 85.7 Å². The van der Waals surface area contributed by atoms with E-state index in [9.17, 15) is 14.0 Å². The van der Waals surface area contributed by atoms with Crippen molar-refractivity contribution in [3.05, 3.63) is 65.0 Å². The number of nitrogens with one attached hydrogen (secondary N) is 1. The van der Waals surface area contributed by atoms with Crippen LogP contribution in [0.25, 0.3) is 0 Å². The zero-order valence-corrected chi connectivity index (χ0v) is 18.3. The van der Waals surface area contributed by atoms with Crippen LogP contribution >= 0.6 is 0 Å². The lowest BCUT2D eigenvalue weighted by atomic mass is 10.1. The number of benzene rings is 2. The van der Waals surface area contributed by atoms with Crippen molar-refractivity contribution in [3.63, 3.8) is 0 Å². The number of nitriles is 1. The second-order valence-corrected chi connectivity index (χ2v) is 7.69. The lowest BCUT2D eigenvalue weighted by Gasteiger charge is -2.34. The summed E-state index contributed by atoms with van der Waals surface area (Å²) in [7, 11) is 0. The molecule has 1 aliphatic heterocycles. The maximum atomic E-state index is 13.8. The molecule has 8 heteroatoms. The molecule has 1 N–H and O–H groups in total. The zero-order valence-electron chi connectivity index (χ0n) is 18.3. The number of nitrogens with zero attached hydrogens (tertiary/aromatic N) is 3. The molecule has 7 nitrogen and oxygen atoms in total. The Balaban J connectivity index is 1.49. The van der Waals surface area contributed by atoms with Crippen molar-refractivity contribution < 1.29 is 18.7 Å². The number of amides is 3. The molecule has 0 bridgehead atoms. The van der Waals surface area contributed by atoms with Crippen molar-refractivity contribution in [1.29, 1.82) is 5.26 Å². The van der Waals surface area contributed by atoms with Crippen LogP contribution in [0.4, 0.5) is 9.18 Å². The summed E-state index contributed by atoms with van der Waals surface area (Å²) >= 11 is 0. The van der Waals surface area contributed by atoms with Gasteiger partial charge in [-0.15, -0.1) is 0 Å². The lowest BCUT2D eigenvalue weighted by molar-refractivity contribution is 0.0664. The van der Waals surface area contributed by atoms with Crippen molar-refractivity contribution in [1.82, 2.24) is 15.1 Å². The third kappa shape index (κ3) is 5.76. The second-order valence-electron chi connectivity index (χ2n) is 7.69. The summed E-state index contributed by atoms with van der Waals surface area (Å²) in [6, 6.07) is 13.6. The first-order chi connectivity index (χ1) is 15.4. The highest BCUT2D eigenvalue weighted by Crippen LogP contribution is 2.16. The molecule has 0 saturated carbocycles. The molecule has 2 aromatic carbocycles. The van der Waals surface area contributed by atoms with Gasteiger partial charge in [0.2, 0.25) is 0 Å². The average molecular weight is 439 g/mol. The lowest BCUT2D eigenvalue weighted by Crippen LogP contribution is -2.53. The Morgan fingerprint density at radius 3 is 2.53 bits per heavy atom. The smallest absolute Gasteiger partial charge is 0.317 e. The minimum absolute atomic E-state index is 0.215. The number of hydrogen-bond donors (Lipinski definition) is 1. The fourth-order valence-electron chi connectivity index (χ4n) is 3.40. The molecule has 1 atom stereocenters. The molecule has 0 aliphatic carbocycles. The number of carbonyl (C=O) groups is 2. The number of hydrogen-bond acceptors (Lipinski definition) is 4. The van der Waals surface area contributed by atoms with Crippen LogP contribution in [0, 0.1) is 24.1 Å². The molecule has 1 unspecified atom stereocenters. The van der Waals surface area contributed by atoms with Crippen molar-refractivity contribution in [3.8, 4) is 11.8 Å². The molecule has 3 amide bonds. The van der Waals surface area contributed by atoms with Gasteiger partial charge in [-0.3, -0.25) is 4.79 Å². The van der Waals surface area contributed by atoms with Gasteiger partial charge >= 0.3 is 6.03 Å². The van der Waals surface area contributed by atoms with Crippen molar-refractivity contribution in [2.45, 2.75) is 32.9 Å². The monoisotopic (exact) mass is 438 g/mol. The molecule has 0 aromatic heterocycles. The standard InChI is InChI=1S/C24H27FN4O3/c1-3-20(15-26)32-21-6-4-5-18(13-21)16-27-24(31)29-11-9-28(10-12-29)23(30)19-8-7-17(2)22(25)14-19/h4-8,13-14,20H,3,9-12,16H2,1-2H3,(H,27,31). The molecule has 168 valence electrons. The maximum absolute atomic E-state index is 13.8. The first-order valence-corrected chi connectivity index (χ1v) is 10.6. The molecular formula is C24H27FN4O3. The van der Waals surface area contributed by atoms with Crippen LogP contribution in [0.15, 0.2) is 42.5 Å². The van der Waals surface area contributed by atoms with Gasteiger partial charge in [-0.25, -0.2) is 9.18 Å². The molecule has 3 rings (SSSR count). The van der Waals surface area contributed by atoms with Gasteiger partial charge in [0.15, 0.2) is 6.10 Å². The van der Waals surface area contributed by atoms with Gasteiger partial charge in [0, 0.05) is 38.3 Å². The summed E-state index contributed by atoms with van der Waals surface area (Å²) < 4.78 is 19.4. The Kier molecular flexibility index (Phi) is 7.66. The maximum Gasteiger partial charge on any atom is 0.317 e. The summed E-state index contributed by atoms with van der Waals surface area (Å²) in [4.78, 5) is 28.4. The number of urea groups is 1. The third-order valence-corrected chi connectivity index (χ3v) is 5.41. The Labute approximate surface area is 187 Å². The van der Waals surface area contributed by atoms with E-state index >= 15 is 0 Å². The van der Waals surface area contributed by atoms with Gasteiger partial charge in [0.1, 0.15) is 17.6 Å². The van der Waals surface area contributed by atoms with E-state index in [4.69, 9.17) is 10.00 Å². The fourth-order valence-corrected chi connectivity index (χ4v) is 3.40. The van der Waals surface area contributed by atoms with E-state index in [1.165, 1.54) is 6.07 Å². The Bertz CT molecular complexity index is 1010. The molecule has 1 saturated heterocycles. The van der Waals surface area contributed by atoms with Crippen molar-refractivity contribution in [2.75, 3.05) is 26.2 Å². The van der Waals surface area contributed by atoms with Gasteiger partial charge in [0.25, 0.3) is 5.91 Å². The molecule has 1 fully saturated rings. The number of rotatable bonds is 6. The molecule has 0 spiro atoms. The van der Waals surface area contributed by atoms with E-state index in [1.807, 2.05) is 19.1 Å². The van der Waals surface area contributed by atoms with Crippen LogP contribution in [-0.4, -0.2) is 54.0 Å². The van der Waals surface area contributed by atoms with Crippen LogP contribution in [0.2, 0.25) is 0 Å². The van der Waals surface area contributed by atoms with Gasteiger partial charge in [0.05, 0.1) is 0 Å². The molecule has 1 heterocycles. The predicted molar refractivity (Wildman–Crippen MR) is 118 cm³/mol. The van der Waals surface area contributed by atoms with Gasteiger partial charge in [-0.2, -0.15) is 5.26 Å². The highest BCUT2D eigenvalue weighted by molar-refractivity contribution is 5.94. The van der Waals surface area contributed by atoms with Gasteiger partial charge in [-0.05, 0) is 48.7 Å². The Hall–Kier alpha value is -3.60. The number of halogens is 1. The summed E-state index contributed by atoms with van der Waals surface area (Å²) in [5.74, 6) is -0.0467. The Morgan fingerprint density at radius 1 is 1.16 bits per heavy atom. The van der Waals surface area contributed by atoms with Crippen LogP contribution < -0.4 is 10.1 Å². The largest absolute Gasteiger partial charge is 0.476 e. The van der Waals surface area contributed by atoms with Crippen molar-refractivity contribution in [2.24, 2.45) is 0 Å². The number of piperazine rings is 1. The van der Waals surface area contributed by atoms with Crippen LogP contribution in [-0.2, 0) is 6.54 Å². The van der Waals surface area contributed by atoms with Gasteiger partial charge < -0.3 is 19.9 Å². The van der Waals surface area contributed by atoms with E-state index in [0.29, 0.717) is 56.0 Å². The predicted octanol–water partition coefficient (Wildman–Crippen LogP) is 3.48. The summed E-state index contributed by atoms with van der Waals surface area (Å²) in [6.45, 7) is 5.42. The molecule has 32 heavy (non-hydrogen) atoms. The van der Waals surface area contributed by atoms with E-state index in [0.717, 1.165) is 5.56 Å². The van der Waals surface area contributed by atoms with Crippen LogP contribution in [0.5, 0.6) is 5.75 Å². The van der Waals surface area contributed by atoms with E-state index < -0.39 is 11.9 Å². The molecule has 0 radical (unpaired) electrons. The SMILES string of the molecule is CCC(C#N)Oc1cccc(CNC(=O)N2CCN(C(=O)c3ccc(C)c(F)c3)CC2)c1. The second kappa shape index (κ2) is 10.6. The van der Waals surface area contributed by atoms with Crippen LogP contribution in [0.1, 0.15) is 34.8 Å². The minimum Gasteiger partial charge on any atom is -0.476 e. The normalized spacial score (nSPS) is 14.4. The highest BCUT2D eigenvalue weighted by atomic mass is 19.1. The molecule has 1 aliphatic rings. The fraction of sp³-hybridized carbons (Fsp3) is 0.375. The zero-order chi connectivity index (χ0) is 23.1. The Morgan fingerprint density at radius 2 is 1.88 bits per heavy atom. The minimum atomic E-state index is -0.504. The van der Waals surface area contributed by atoms with E-state index in [2.05, 4.69) is 11.4 Å². The molecular weight excluding hydrogens is 411 g/mol. The van der Waals surface area contributed by atoms with E-state index in [-0.39, 0.29) is 11.9 Å².